The van der Waals surface area contributed by atoms with E-state index in [9.17, 15) is 13.2 Å². The molecule has 2 N–H and O–H groups in total. The maximum Gasteiger partial charge on any atom is 0.240 e. The van der Waals surface area contributed by atoms with Crippen molar-refractivity contribution in [3.8, 4) is 0 Å². The Morgan fingerprint density at radius 1 is 1.13 bits per heavy atom. The number of nitrogens with zero attached hydrogens (tertiary/aromatic N) is 1. The molecule has 0 unspecified atom stereocenters. The van der Waals surface area contributed by atoms with Crippen molar-refractivity contribution in [1.29, 1.82) is 0 Å². The minimum atomic E-state index is -3.61. The minimum absolute atomic E-state index is 0.0776. The lowest BCUT2D eigenvalue weighted by Gasteiger charge is -2.32. The Bertz CT molecular complexity index is 1030. The van der Waals surface area contributed by atoms with E-state index in [0.717, 1.165) is 37.4 Å². The summed E-state index contributed by atoms with van der Waals surface area (Å²) in [6.07, 6.45) is 2.39. The number of benzene rings is 2. The molecule has 2 aliphatic rings. The Kier molecular flexibility index (Phi) is 7.01. The molecule has 4 rings (SSSR count). The zero-order chi connectivity index (χ0) is 21.8. The first kappa shape index (κ1) is 22.3. The minimum Gasteiger partial charge on any atom is -0.325 e. The number of piperidine rings is 1. The van der Waals surface area contributed by atoms with Crippen LogP contribution in [0.4, 0.5) is 5.69 Å². The van der Waals surface area contributed by atoms with E-state index in [4.69, 9.17) is 0 Å². The molecule has 0 atom stereocenters. The number of thioether (sulfide) groups is 1. The first-order chi connectivity index (χ1) is 14.9. The summed E-state index contributed by atoms with van der Waals surface area (Å²) in [5, 5.41) is 2.81. The van der Waals surface area contributed by atoms with Crippen molar-refractivity contribution in [1.82, 2.24) is 9.62 Å². The quantitative estimate of drug-likeness (QED) is 0.690. The summed E-state index contributed by atoms with van der Waals surface area (Å²) in [6, 6.07) is 13.6. The number of sulfonamides is 1. The van der Waals surface area contributed by atoms with Gasteiger partial charge in [-0.3, -0.25) is 9.69 Å². The number of likely N-dealkylation sites (tertiary alicyclic amines) is 1. The third-order valence-corrected chi connectivity index (χ3v) is 8.41. The van der Waals surface area contributed by atoms with E-state index in [1.54, 1.807) is 30.0 Å². The summed E-state index contributed by atoms with van der Waals surface area (Å²) in [5.41, 5.74) is 3.17. The number of anilines is 1. The predicted octanol–water partition coefficient (Wildman–Crippen LogP) is 3.62. The number of amides is 1. The van der Waals surface area contributed by atoms with Crippen molar-refractivity contribution in [2.75, 3.05) is 30.7 Å². The number of hydrogen-bond donors (Lipinski definition) is 2. The largest absolute Gasteiger partial charge is 0.325 e. The molecule has 1 saturated heterocycles. The van der Waals surface area contributed by atoms with Gasteiger partial charge in [-0.05, 0) is 62.5 Å². The molecule has 2 heterocycles. The average Bonchev–Trinajstić information content (AvgIpc) is 2.95. The monoisotopic (exact) mass is 459 g/mol. The smallest absolute Gasteiger partial charge is 0.240 e. The number of carbonyl (C=O) groups is 1. The third-order valence-electron chi connectivity index (χ3n) is 5.92. The molecule has 2 aromatic rings. The fraction of sp³-hybridized carbons (Fsp3) is 0.435. The molecule has 0 radical (unpaired) electrons. The van der Waals surface area contributed by atoms with Crippen molar-refractivity contribution >= 4 is 33.4 Å². The van der Waals surface area contributed by atoms with E-state index in [0.29, 0.717) is 30.3 Å². The molecule has 1 amide bonds. The maximum atomic E-state index is 12.8. The van der Waals surface area contributed by atoms with Crippen molar-refractivity contribution < 1.29 is 13.2 Å². The second-order valence-corrected chi connectivity index (χ2v) is 11.3. The molecular formula is C23H29N3O3S2. The van der Waals surface area contributed by atoms with Crippen LogP contribution in [0.1, 0.15) is 30.4 Å². The summed E-state index contributed by atoms with van der Waals surface area (Å²) in [7, 11) is -3.61. The maximum absolute atomic E-state index is 12.8. The molecule has 2 aliphatic heterocycles. The summed E-state index contributed by atoms with van der Waals surface area (Å²) >= 11 is 1.57. The van der Waals surface area contributed by atoms with Gasteiger partial charge in [0.25, 0.3) is 0 Å². The van der Waals surface area contributed by atoms with E-state index in [1.807, 2.05) is 0 Å². The first-order valence-electron chi connectivity index (χ1n) is 10.7. The highest BCUT2D eigenvalue weighted by atomic mass is 32.2. The molecule has 2 aromatic carbocycles. The van der Waals surface area contributed by atoms with E-state index in [1.165, 1.54) is 11.1 Å². The number of hydrogen-bond acceptors (Lipinski definition) is 5. The van der Waals surface area contributed by atoms with Crippen LogP contribution in [-0.4, -0.2) is 44.6 Å². The average molecular weight is 460 g/mol. The van der Waals surface area contributed by atoms with Crippen LogP contribution in [0.5, 0.6) is 0 Å². The molecule has 166 valence electrons. The lowest BCUT2D eigenvalue weighted by atomic mass is 9.97. The van der Waals surface area contributed by atoms with Crippen molar-refractivity contribution in [3.05, 3.63) is 53.6 Å². The van der Waals surface area contributed by atoms with Gasteiger partial charge in [0.05, 0.1) is 10.6 Å². The van der Waals surface area contributed by atoms with Crippen LogP contribution in [0.25, 0.3) is 0 Å². The van der Waals surface area contributed by atoms with Crippen LogP contribution in [0.15, 0.2) is 52.3 Å². The second-order valence-electron chi connectivity index (χ2n) is 8.36. The van der Waals surface area contributed by atoms with Gasteiger partial charge in [-0.15, -0.1) is 11.8 Å². The highest BCUT2D eigenvalue weighted by Crippen LogP contribution is 2.32. The molecule has 1 fully saturated rings. The van der Waals surface area contributed by atoms with Gasteiger partial charge in [-0.2, -0.15) is 0 Å². The molecule has 8 heteroatoms. The lowest BCUT2D eigenvalue weighted by molar-refractivity contribution is -0.115. The lowest BCUT2D eigenvalue weighted by Crippen LogP contribution is -2.38. The fourth-order valence-electron chi connectivity index (χ4n) is 3.98. The number of aryl methyl sites for hydroxylation is 1. The highest BCUT2D eigenvalue weighted by Gasteiger charge is 2.23. The summed E-state index contributed by atoms with van der Waals surface area (Å²) < 4.78 is 28.4. The first-order valence-corrected chi connectivity index (χ1v) is 13.2. The van der Waals surface area contributed by atoms with Crippen molar-refractivity contribution in [2.24, 2.45) is 5.92 Å². The van der Waals surface area contributed by atoms with Gasteiger partial charge >= 0.3 is 0 Å². The summed E-state index contributed by atoms with van der Waals surface area (Å²) in [4.78, 5) is 15.3. The third kappa shape index (κ3) is 5.88. The van der Waals surface area contributed by atoms with E-state index < -0.39 is 10.0 Å². The Labute approximate surface area is 188 Å². The van der Waals surface area contributed by atoms with E-state index in [-0.39, 0.29) is 10.8 Å². The topological polar surface area (TPSA) is 78.5 Å². The van der Waals surface area contributed by atoms with Gasteiger partial charge in [0.2, 0.25) is 15.9 Å². The van der Waals surface area contributed by atoms with Gasteiger partial charge in [-0.1, -0.05) is 29.8 Å². The summed E-state index contributed by atoms with van der Waals surface area (Å²) in [6.45, 7) is 5.43. The van der Waals surface area contributed by atoms with Gasteiger partial charge < -0.3 is 5.32 Å². The van der Waals surface area contributed by atoms with Crippen LogP contribution in [0.3, 0.4) is 0 Å². The molecular weight excluding hydrogens is 430 g/mol. The SMILES string of the molecule is Cc1ccc(CN2CCC(CNS(=O)(=O)c3ccc4c(c3)NC(=O)CCS4)CC2)cc1. The molecule has 6 nitrogen and oxygen atoms in total. The highest BCUT2D eigenvalue weighted by molar-refractivity contribution is 7.99. The van der Waals surface area contributed by atoms with Crippen LogP contribution in [0, 0.1) is 12.8 Å². The van der Waals surface area contributed by atoms with Crippen LogP contribution in [0.2, 0.25) is 0 Å². The number of nitrogens with one attached hydrogen (secondary N) is 2. The van der Waals surface area contributed by atoms with Gasteiger partial charge in [0, 0.05) is 30.2 Å². The number of fused-ring (bicyclic) bond motifs is 1. The molecule has 31 heavy (non-hydrogen) atoms. The standard InChI is InChI=1S/C23H29N3O3S2/c1-17-2-4-19(5-3-17)16-26-11-8-18(9-12-26)15-24-31(28,29)20-6-7-22-21(14-20)25-23(27)10-13-30-22/h2-7,14,18,24H,8-13,15-16H2,1H3,(H,25,27). The zero-order valence-electron chi connectivity index (χ0n) is 17.8. The second kappa shape index (κ2) is 9.73. The molecule has 0 aromatic heterocycles. The summed E-state index contributed by atoms with van der Waals surface area (Å²) in [5.74, 6) is 0.956. The zero-order valence-corrected chi connectivity index (χ0v) is 19.4. The fourth-order valence-corrected chi connectivity index (χ4v) is 6.06. The van der Waals surface area contributed by atoms with Crippen molar-refractivity contribution in [2.45, 2.75) is 42.5 Å². The van der Waals surface area contributed by atoms with Gasteiger partial charge in [0.1, 0.15) is 0 Å². The number of rotatable bonds is 6. The Balaban J connectivity index is 1.30. The van der Waals surface area contributed by atoms with Gasteiger partial charge in [0.15, 0.2) is 0 Å². The Hall–Kier alpha value is -1.87. The van der Waals surface area contributed by atoms with E-state index >= 15 is 0 Å². The van der Waals surface area contributed by atoms with Crippen LogP contribution < -0.4 is 10.0 Å². The molecule has 0 spiro atoms. The molecule has 0 aliphatic carbocycles. The predicted molar refractivity (Wildman–Crippen MR) is 125 cm³/mol. The van der Waals surface area contributed by atoms with E-state index in [2.05, 4.69) is 46.1 Å². The Morgan fingerprint density at radius 3 is 2.61 bits per heavy atom. The van der Waals surface area contributed by atoms with Crippen LogP contribution in [-0.2, 0) is 21.4 Å². The number of carbonyl (C=O) groups excluding carboxylic acids is 1. The van der Waals surface area contributed by atoms with Crippen molar-refractivity contribution in [3.63, 3.8) is 0 Å². The molecule has 0 saturated carbocycles. The van der Waals surface area contributed by atoms with Gasteiger partial charge in [-0.25, -0.2) is 13.1 Å². The molecule has 0 bridgehead atoms. The normalized spacial score (nSPS) is 18.3. The van der Waals surface area contributed by atoms with Crippen LogP contribution >= 0.6 is 11.8 Å². The Morgan fingerprint density at radius 2 is 1.87 bits per heavy atom.